The molecule has 1 aliphatic rings. The van der Waals surface area contributed by atoms with E-state index >= 15 is 0 Å². The summed E-state index contributed by atoms with van der Waals surface area (Å²) < 4.78 is 1.76. The molecular weight excluding hydrogens is 290 g/mol. The van der Waals surface area contributed by atoms with Gasteiger partial charge < -0.3 is 5.32 Å². The number of hydrogen-bond acceptors (Lipinski definition) is 4. The third-order valence-corrected chi connectivity index (χ3v) is 4.39. The van der Waals surface area contributed by atoms with Crippen LogP contribution in [0.3, 0.4) is 0 Å². The van der Waals surface area contributed by atoms with Gasteiger partial charge in [-0.15, -0.1) is 0 Å². The number of nitriles is 1. The Bertz CT molecular complexity index is 1010. The minimum absolute atomic E-state index is 0.131. The maximum absolute atomic E-state index is 12.5. The normalized spacial score (nSPS) is 16.2. The maximum atomic E-state index is 12.5. The van der Waals surface area contributed by atoms with Gasteiger partial charge in [-0.1, -0.05) is 0 Å². The van der Waals surface area contributed by atoms with E-state index in [9.17, 15) is 4.79 Å². The summed E-state index contributed by atoms with van der Waals surface area (Å²) in [7, 11) is 0. The number of aryl methyl sites for hydroxylation is 2. The first-order valence-electron chi connectivity index (χ1n) is 7.24. The Balaban J connectivity index is 2.00. The number of anilines is 1. The van der Waals surface area contributed by atoms with Crippen LogP contribution in [0.2, 0.25) is 0 Å². The second kappa shape index (κ2) is 4.65. The van der Waals surface area contributed by atoms with E-state index in [-0.39, 0.29) is 5.91 Å². The van der Waals surface area contributed by atoms with Crippen molar-refractivity contribution in [2.24, 2.45) is 0 Å². The van der Waals surface area contributed by atoms with Crippen LogP contribution < -0.4 is 5.32 Å². The molecule has 0 aliphatic carbocycles. The molecule has 0 saturated heterocycles. The zero-order valence-corrected chi connectivity index (χ0v) is 12.7. The van der Waals surface area contributed by atoms with Gasteiger partial charge in [0.2, 0.25) is 5.91 Å². The molecule has 1 amide bonds. The quantitative estimate of drug-likeness (QED) is 0.747. The first kappa shape index (κ1) is 13.5. The predicted octanol–water partition coefficient (Wildman–Crippen LogP) is 2.30. The molecule has 6 nitrogen and oxygen atoms in total. The molecule has 4 rings (SSSR count). The highest BCUT2D eigenvalue weighted by Crippen LogP contribution is 2.39. The van der Waals surface area contributed by atoms with Gasteiger partial charge in [-0.25, -0.2) is 9.50 Å². The summed E-state index contributed by atoms with van der Waals surface area (Å²) in [6.45, 7) is 4.00. The van der Waals surface area contributed by atoms with Crippen LogP contribution in [-0.4, -0.2) is 20.5 Å². The van der Waals surface area contributed by atoms with Crippen LogP contribution in [0, 0.1) is 25.2 Å². The van der Waals surface area contributed by atoms with Crippen molar-refractivity contribution < 1.29 is 4.79 Å². The van der Waals surface area contributed by atoms with Crippen LogP contribution in [0.25, 0.3) is 5.52 Å². The first-order chi connectivity index (χ1) is 11.1. The summed E-state index contributed by atoms with van der Waals surface area (Å²) in [5.41, 5.74) is 5.70. The van der Waals surface area contributed by atoms with E-state index in [2.05, 4.69) is 21.5 Å². The van der Waals surface area contributed by atoms with E-state index in [0.717, 1.165) is 27.9 Å². The van der Waals surface area contributed by atoms with Crippen molar-refractivity contribution >= 4 is 17.1 Å². The Morgan fingerprint density at radius 1 is 1.35 bits per heavy atom. The summed E-state index contributed by atoms with van der Waals surface area (Å²) in [6.07, 6.45) is 3.38. The molecule has 0 radical (unpaired) electrons. The van der Waals surface area contributed by atoms with Crippen molar-refractivity contribution in [2.45, 2.75) is 19.8 Å². The molecule has 2 aromatic heterocycles. The molecule has 1 aromatic carbocycles. The highest BCUT2D eigenvalue weighted by atomic mass is 16.2. The number of fused-ring (bicyclic) bond motifs is 2. The Hall–Kier alpha value is -3.20. The number of hydrogen-bond donors (Lipinski definition) is 1. The van der Waals surface area contributed by atoms with Crippen LogP contribution in [-0.2, 0) is 4.79 Å². The molecule has 112 valence electrons. The fourth-order valence-electron chi connectivity index (χ4n) is 3.12. The molecular formula is C17H13N5O. The summed E-state index contributed by atoms with van der Waals surface area (Å²) in [6, 6.07) is 7.33. The minimum Gasteiger partial charge on any atom is -0.325 e. The van der Waals surface area contributed by atoms with Gasteiger partial charge in [-0.2, -0.15) is 10.4 Å². The average Bonchev–Trinajstić information content (AvgIpc) is 3.03. The molecule has 0 fully saturated rings. The van der Waals surface area contributed by atoms with Crippen molar-refractivity contribution in [3.8, 4) is 6.07 Å². The number of amides is 1. The number of nitrogens with one attached hydrogen (secondary N) is 1. The highest BCUT2D eigenvalue weighted by molar-refractivity contribution is 6.06. The third kappa shape index (κ3) is 1.83. The first-order valence-corrected chi connectivity index (χ1v) is 7.24. The monoisotopic (exact) mass is 303 g/mol. The van der Waals surface area contributed by atoms with Gasteiger partial charge in [-0.3, -0.25) is 4.79 Å². The number of carbonyl (C=O) groups excluding carboxylic acids is 1. The van der Waals surface area contributed by atoms with Crippen LogP contribution in [0.1, 0.15) is 33.9 Å². The van der Waals surface area contributed by atoms with Crippen LogP contribution >= 0.6 is 0 Å². The van der Waals surface area contributed by atoms with Crippen LogP contribution in [0.15, 0.2) is 30.7 Å². The van der Waals surface area contributed by atoms with Crippen molar-refractivity contribution in [1.29, 1.82) is 5.26 Å². The second-order valence-electron chi connectivity index (χ2n) is 5.71. The van der Waals surface area contributed by atoms with E-state index in [1.807, 2.05) is 20.0 Å². The predicted molar refractivity (Wildman–Crippen MR) is 84.1 cm³/mol. The Morgan fingerprint density at radius 2 is 2.17 bits per heavy atom. The fraction of sp³-hybridized carbons (Fsp3) is 0.176. The summed E-state index contributed by atoms with van der Waals surface area (Å²) in [4.78, 5) is 16.9. The van der Waals surface area contributed by atoms with Crippen LogP contribution in [0.4, 0.5) is 5.69 Å². The molecule has 6 heteroatoms. The molecule has 1 unspecified atom stereocenters. The van der Waals surface area contributed by atoms with Gasteiger partial charge in [0.1, 0.15) is 12.2 Å². The Kier molecular flexibility index (Phi) is 2.72. The van der Waals surface area contributed by atoms with Crippen molar-refractivity contribution in [2.75, 3.05) is 5.32 Å². The molecule has 0 spiro atoms. The molecule has 1 N–H and O–H groups in total. The molecule has 1 atom stereocenters. The molecule has 23 heavy (non-hydrogen) atoms. The largest absolute Gasteiger partial charge is 0.325 e. The lowest BCUT2D eigenvalue weighted by Gasteiger charge is -2.11. The standard InChI is InChI=1S/C17H13N5O/c1-9-7-22-16(10(9)2)15(19-8-20-22)14-12-5-11(6-18)3-4-13(12)21-17(14)23/h3-5,7-8,14H,1-2H3,(H,21,23). The smallest absolute Gasteiger partial charge is 0.238 e. The van der Waals surface area contributed by atoms with E-state index in [4.69, 9.17) is 5.26 Å². The van der Waals surface area contributed by atoms with Gasteiger partial charge in [-0.05, 0) is 48.7 Å². The summed E-state index contributed by atoms with van der Waals surface area (Å²) in [5.74, 6) is -0.661. The van der Waals surface area contributed by atoms with Crippen molar-refractivity contribution in [3.63, 3.8) is 0 Å². The van der Waals surface area contributed by atoms with Crippen molar-refractivity contribution in [3.05, 3.63) is 58.7 Å². The van der Waals surface area contributed by atoms with Gasteiger partial charge in [0.25, 0.3) is 0 Å². The second-order valence-corrected chi connectivity index (χ2v) is 5.71. The van der Waals surface area contributed by atoms with E-state index in [1.165, 1.54) is 6.33 Å². The lowest BCUT2D eigenvalue weighted by molar-refractivity contribution is -0.116. The zero-order chi connectivity index (χ0) is 16.1. The Morgan fingerprint density at radius 3 is 2.96 bits per heavy atom. The number of rotatable bonds is 1. The minimum atomic E-state index is -0.531. The third-order valence-electron chi connectivity index (χ3n) is 4.39. The molecule has 0 saturated carbocycles. The topological polar surface area (TPSA) is 83.1 Å². The van der Waals surface area contributed by atoms with Gasteiger partial charge in [0, 0.05) is 11.9 Å². The average molecular weight is 303 g/mol. The number of aromatic nitrogens is 3. The van der Waals surface area contributed by atoms with E-state index in [0.29, 0.717) is 11.3 Å². The number of carbonyl (C=O) groups is 1. The van der Waals surface area contributed by atoms with Gasteiger partial charge in [0.15, 0.2) is 0 Å². The maximum Gasteiger partial charge on any atom is 0.238 e. The van der Waals surface area contributed by atoms with E-state index < -0.39 is 5.92 Å². The van der Waals surface area contributed by atoms with Gasteiger partial charge >= 0.3 is 0 Å². The zero-order valence-electron chi connectivity index (χ0n) is 12.7. The summed E-state index contributed by atoms with van der Waals surface area (Å²) >= 11 is 0. The molecule has 3 heterocycles. The molecule has 0 bridgehead atoms. The molecule has 1 aliphatic heterocycles. The number of benzene rings is 1. The lowest BCUT2D eigenvalue weighted by atomic mass is 9.94. The van der Waals surface area contributed by atoms with Gasteiger partial charge in [0.05, 0.1) is 22.8 Å². The SMILES string of the molecule is Cc1cn2ncnc(C3C(=O)Nc4ccc(C#N)cc43)c2c1C. The van der Waals surface area contributed by atoms with Crippen molar-refractivity contribution in [1.82, 2.24) is 14.6 Å². The highest BCUT2D eigenvalue weighted by Gasteiger charge is 2.35. The summed E-state index contributed by atoms with van der Waals surface area (Å²) in [5, 5.41) is 16.2. The van der Waals surface area contributed by atoms with E-state index in [1.54, 1.807) is 22.7 Å². The number of nitrogens with zero attached hydrogens (tertiary/aromatic N) is 4. The fourth-order valence-corrected chi connectivity index (χ4v) is 3.12. The Labute approximate surface area is 132 Å². The lowest BCUT2D eigenvalue weighted by Crippen LogP contribution is -2.16. The molecule has 3 aromatic rings. The van der Waals surface area contributed by atoms with Crippen LogP contribution in [0.5, 0.6) is 0 Å².